The highest BCUT2D eigenvalue weighted by molar-refractivity contribution is 6.47. The average Bonchev–Trinajstić information content (AvgIpc) is 3.24. The lowest BCUT2D eigenvalue weighted by atomic mass is 9.81. The van der Waals surface area contributed by atoms with Crippen molar-refractivity contribution in [2.24, 2.45) is 10.4 Å². The van der Waals surface area contributed by atoms with E-state index in [9.17, 15) is 0 Å². The van der Waals surface area contributed by atoms with Crippen LogP contribution in [0.15, 0.2) is 113 Å². The molecule has 0 fully saturated rings. The molecule has 3 aromatic rings. The number of imidazole rings is 1. The lowest BCUT2D eigenvalue weighted by molar-refractivity contribution is 0.516. The van der Waals surface area contributed by atoms with Crippen LogP contribution in [0.2, 0.25) is 0 Å². The van der Waals surface area contributed by atoms with Crippen molar-refractivity contribution >= 4 is 33.9 Å². The van der Waals surface area contributed by atoms with Crippen LogP contribution in [0.5, 0.6) is 0 Å². The van der Waals surface area contributed by atoms with Crippen LogP contribution in [0, 0.1) is 5.41 Å². The molecule has 0 radical (unpaired) electrons. The van der Waals surface area contributed by atoms with Gasteiger partial charge in [-0.05, 0) is 79.3 Å². The maximum atomic E-state index is 6.86. The van der Waals surface area contributed by atoms with Gasteiger partial charge in [0.15, 0.2) is 0 Å². The third kappa shape index (κ3) is 5.78. The van der Waals surface area contributed by atoms with Crippen LogP contribution < -0.4 is 0 Å². The molecule has 1 heterocycles. The van der Waals surface area contributed by atoms with Gasteiger partial charge in [-0.1, -0.05) is 88.4 Å². The molecule has 1 aliphatic carbocycles. The van der Waals surface area contributed by atoms with Gasteiger partial charge >= 0.3 is 0 Å². The molecule has 37 heavy (non-hydrogen) atoms. The van der Waals surface area contributed by atoms with E-state index < -0.39 is 5.54 Å². The largest absolute Gasteiger partial charge is 0.292 e. The van der Waals surface area contributed by atoms with E-state index in [1.165, 1.54) is 5.57 Å². The average molecular weight is 510 g/mol. The van der Waals surface area contributed by atoms with Gasteiger partial charge in [0.1, 0.15) is 5.82 Å². The van der Waals surface area contributed by atoms with E-state index in [0.717, 1.165) is 45.8 Å². The summed E-state index contributed by atoms with van der Waals surface area (Å²) in [6, 6.07) is 18.5. The van der Waals surface area contributed by atoms with Crippen LogP contribution in [0.3, 0.4) is 0 Å². The summed E-state index contributed by atoms with van der Waals surface area (Å²) in [7, 11) is 0. The highest BCUT2D eigenvalue weighted by Crippen LogP contribution is 2.36. The molecule has 0 saturated carbocycles. The molecular weight excluding hydrogens is 474 g/mol. The van der Waals surface area contributed by atoms with Crippen LogP contribution in [0.25, 0.3) is 22.3 Å². The fourth-order valence-electron chi connectivity index (χ4n) is 4.52. The van der Waals surface area contributed by atoms with Gasteiger partial charge in [0.05, 0.1) is 27.3 Å². The van der Waals surface area contributed by atoms with Gasteiger partial charge in [-0.3, -0.25) is 9.56 Å². The molecule has 0 N–H and O–H groups in total. The third-order valence-corrected chi connectivity index (χ3v) is 6.63. The molecular formula is C33H36ClN3. The zero-order valence-corrected chi connectivity index (χ0v) is 23.5. The van der Waals surface area contributed by atoms with Gasteiger partial charge in [-0.2, -0.15) is 0 Å². The Hall–Kier alpha value is -3.43. The zero-order valence-electron chi connectivity index (χ0n) is 22.7. The number of aromatic nitrogens is 2. The number of allylic oxidation sites excluding steroid dienone is 8. The maximum Gasteiger partial charge on any atom is 0.145 e. The predicted molar refractivity (Wildman–Crippen MR) is 161 cm³/mol. The van der Waals surface area contributed by atoms with E-state index in [4.69, 9.17) is 21.6 Å². The highest BCUT2D eigenvalue weighted by atomic mass is 35.5. The van der Waals surface area contributed by atoms with Gasteiger partial charge in [0.25, 0.3) is 0 Å². The van der Waals surface area contributed by atoms with Crippen LogP contribution >= 0.6 is 11.6 Å². The van der Waals surface area contributed by atoms with Crippen LogP contribution in [-0.2, 0) is 0 Å². The van der Waals surface area contributed by atoms with Crippen LogP contribution in [-0.4, -0.2) is 20.8 Å². The van der Waals surface area contributed by atoms with E-state index in [-0.39, 0.29) is 5.41 Å². The molecule has 0 aliphatic heterocycles. The van der Waals surface area contributed by atoms with Crippen LogP contribution in [0.1, 0.15) is 53.8 Å². The Bertz CT molecular complexity index is 1470. The minimum Gasteiger partial charge on any atom is -0.292 e. The fourth-order valence-corrected chi connectivity index (χ4v) is 4.79. The molecule has 4 rings (SSSR count). The normalized spacial score (nSPS) is 17.3. The van der Waals surface area contributed by atoms with E-state index in [0.29, 0.717) is 5.03 Å². The second kappa shape index (κ2) is 10.5. The number of fused-ring (bicyclic) bond motifs is 1. The Kier molecular flexibility index (Phi) is 7.57. The van der Waals surface area contributed by atoms with Gasteiger partial charge in [-0.15, -0.1) is 0 Å². The Morgan fingerprint density at radius 2 is 1.68 bits per heavy atom. The first-order valence-electron chi connectivity index (χ1n) is 12.8. The monoisotopic (exact) mass is 509 g/mol. The van der Waals surface area contributed by atoms with Crippen molar-refractivity contribution < 1.29 is 0 Å². The van der Waals surface area contributed by atoms with E-state index in [1.807, 2.05) is 42.5 Å². The molecule has 190 valence electrons. The Labute approximate surface area is 226 Å². The molecule has 0 unspecified atom stereocenters. The Morgan fingerprint density at radius 3 is 2.32 bits per heavy atom. The van der Waals surface area contributed by atoms with Gasteiger partial charge in [0.2, 0.25) is 0 Å². The number of halogens is 1. The molecule has 2 aromatic carbocycles. The summed E-state index contributed by atoms with van der Waals surface area (Å²) >= 11 is 6.86. The van der Waals surface area contributed by atoms with Crippen molar-refractivity contribution in [2.45, 2.75) is 53.5 Å². The van der Waals surface area contributed by atoms with Crippen molar-refractivity contribution in [1.29, 1.82) is 0 Å². The second-order valence-corrected chi connectivity index (χ2v) is 11.3. The van der Waals surface area contributed by atoms with E-state index in [1.54, 1.807) is 0 Å². The smallest absolute Gasteiger partial charge is 0.145 e. The summed E-state index contributed by atoms with van der Waals surface area (Å²) in [5.74, 6) is 0.834. The Morgan fingerprint density at radius 1 is 1.00 bits per heavy atom. The second-order valence-electron chi connectivity index (χ2n) is 10.9. The Balaban J connectivity index is 1.84. The van der Waals surface area contributed by atoms with Crippen molar-refractivity contribution in [3.63, 3.8) is 0 Å². The summed E-state index contributed by atoms with van der Waals surface area (Å²) in [6.07, 6.45) is 11.4. The van der Waals surface area contributed by atoms with Gasteiger partial charge in [0, 0.05) is 11.3 Å². The molecule has 0 atom stereocenters. The van der Waals surface area contributed by atoms with Crippen molar-refractivity contribution in [3.05, 3.63) is 114 Å². The summed E-state index contributed by atoms with van der Waals surface area (Å²) in [5, 5.41) is 0.672. The molecule has 0 bridgehead atoms. The zero-order chi connectivity index (χ0) is 26.8. The first-order valence-corrected chi connectivity index (χ1v) is 13.2. The summed E-state index contributed by atoms with van der Waals surface area (Å²) in [4.78, 5) is 10.2. The standard InChI is InChI=1S/C33H36ClN3/c1-8-15-24-20-25(32(3,4)5)21-27(34)30(24)36-33(6,7)22-23(9-2)31-35-28-18-13-14-19-29(28)37(31)26-16-11-10-12-17-26/h9-22H,2,8H2,1,3-7H3/b23-22+,24-15-,36-30?. The molecule has 1 aliphatic rings. The molecule has 4 heteroatoms. The lowest BCUT2D eigenvalue weighted by Gasteiger charge is -2.27. The molecule has 0 saturated heterocycles. The van der Waals surface area contributed by atoms with Crippen molar-refractivity contribution in [2.75, 3.05) is 0 Å². The number of nitrogens with zero attached hydrogens (tertiary/aromatic N) is 3. The van der Waals surface area contributed by atoms with Crippen molar-refractivity contribution in [1.82, 2.24) is 9.55 Å². The van der Waals surface area contributed by atoms with E-state index in [2.05, 4.69) is 95.2 Å². The quantitative estimate of drug-likeness (QED) is 0.304. The molecule has 1 aromatic heterocycles. The van der Waals surface area contributed by atoms with Gasteiger partial charge < -0.3 is 0 Å². The molecule has 0 spiro atoms. The first kappa shape index (κ1) is 26.6. The van der Waals surface area contributed by atoms with E-state index >= 15 is 0 Å². The van der Waals surface area contributed by atoms with Crippen molar-refractivity contribution in [3.8, 4) is 5.69 Å². The number of benzene rings is 2. The number of para-hydroxylation sites is 3. The SMILES string of the molecule is C=C/C(=C\C(C)(C)N=C1C(Cl)=CC(C(C)(C)C)=C/C1=C/CC)c1nc2ccccc2n1-c1ccccc1. The summed E-state index contributed by atoms with van der Waals surface area (Å²) in [6.45, 7) is 17.1. The van der Waals surface area contributed by atoms with Gasteiger partial charge in [-0.25, -0.2) is 4.98 Å². The minimum absolute atomic E-state index is 0.000448. The molecule has 0 amide bonds. The summed E-state index contributed by atoms with van der Waals surface area (Å²) < 4.78 is 2.18. The predicted octanol–water partition coefficient (Wildman–Crippen LogP) is 9.26. The number of aliphatic imine (C=N–C) groups is 1. The third-order valence-electron chi connectivity index (χ3n) is 6.34. The topological polar surface area (TPSA) is 30.2 Å². The summed E-state index contributed by atoms with van der Waals surface area (Å²) in [5.41, 5.74) is 6.47. The number of rotatable bonds is 6. The lowest BCUT2D eigenvalue weighted by Crippen LogP contribution is -2.21. The maximum absolute atomic E-state index is 6.86. The fraction of sp³-hybridized carbons (Fsp3) is 0.273. The molecule has 3 nitrogen and oxygen atoms in total. The first-order chi connectivity index (χ1) is 17.5. The minimum atomic E-state index is -0.563. The number of hydrogen-bond donors (Lipinski definition) is 0. The highest BCUT2D eigenvalue weighted by Gasteiger charge is 2.26. The number of hydrogen-bond acceptors (Lipinski definition) is 2. The van der Waals surface area contributed by atoms with Crippen LogP contribution in [0.4, 0.5) is 0 Å².